The molecular formula is C33H33N5O7S2. The van der Waals surface area contributed by atoms with E-state index in [1.54, 1.807) is 78.9 Å². The van der Waals surface area contributed by atoms with Gasteiger partial charge in [0.2, 0.25) is 5.91 Å². The third-order valence-corrected chi connectivity index (χ3v) is 9.59. The quantitative estimate of drug-likeness (QED) is 0.0781. The smallest absolute Gasteiger partial charge is 0.294 e. The number of hydrazone groups is 1. The van der Waals surface area contributed by atoms with E-state index in [0.29, 0.717) is 16.5 Å². The lowest BCUT2D eigenvalue weighted by Crippen LogP contribution is -2.35. The van der Waals surface area contributed by atoms with Crippen molar-refractivity contribution < 1.29 is 26.2 Å². The molecule has 6 N–H and O–H groups in total. The van der Waals surface area contributed by atoms with Crippen molar-refractivity contribution in [2.75, 3.05) is 5.73 Å². The molecule has 244 valence electrons. The molecule has 4 aromatic carbocycles. The number of fused-ring (bicyclic) bond motifs is 1. The van der Waals surface area contributed by atoms with E-state index in [4.69, 9.17) is 16.1 Å². The summed E-state index contributed by atoms with van der Waals surface area (Å²) in [6.07, 6.45) is 1.50. The highest BCUT2D eigenvalue weighted by Crippen LogP contribution is 2.27. The van der Waals surface area contributed by atoms with Crippen LogP contribution in [0.4, 0.5) is 5.69 Å². The fraction of sp³-hybridized carbons (Fsp3) is 0.121. The van der Waals surface area contributed by atoms with Crippen molar-refractivity contribution in [1.82, 2.24) is 9.88 Å². The molecule has 0 saturated heterocycles. The van der Waals surface area contributed by atoms with Crippen molar-refractivity contribution in [2.24, 2.45) is 10.9 Å². The number of carbonyl (C=O) groups is 1. The number of aryl methyl sites for hydroxylation is 1. The molecule has 0 fully saturated rings. The Morgan fingerprint density at radius 1 is 0.872 bits per heavy atom. The molecule has 0 spiro atoms. The maximum atomic E-state index is 13.5. The number of carbonyl (C=O) groups excluding carboxylic acids is 1. The van der Waals surface area contributed by atoms with Crippen LogP contribution in [0.25, 0.3) is 10.9 Å². The highest BCUT2D eigenvalue weighted by atomic mass is 32.2. The number of anilines is 1. The number of para-hydroxylation sites is 1. The maximum Gasteiger partial charge on any atom is 0.294 e. The zero-order valence-corrected chi connectivity index (χ0v) is 26.9. The highest BCUT2D eigenvalue weighted by molar-refractivity contribution is 7.90. The Hall–Kier alpha value is -5.31. The molecule has 0 aliphatic carbocycles. The van der Waals surface area contributed by atoms with E-state index >= 15 is 0 Å². The van der Waals surface area contributed by atoms with Gasteiger partial charge in [0, 0.05) is 11.9 Å². The van der Waals surface area contributed by atoms with Crippen LogP contribution in [0.2, 0.25) is 0 Å². The Balaban J connectivity index is 0.000000385. The van der Waals surface area contributed by atoms with Gasteiger partial charge in [0.25, 0.3) is 15.7 Å². The van der Waals surface area contributed by atoms with Gasteiger partial charge in [-0.1, -0.05) is 90.5 Å². The number of amides is 1. The first-order chi connectivity index (χ1) is 22.3. The number of nitrogens with two attached hydrogens (primary N) is 2. The van der Waals surface area contributed by atoms with Crippen LogP contribution in [-0.4, -0.2) is 38.1 Å². The Morgan fingerprint density at radius 2 is 1.49 bits per heavy atom. The summed E-state index contributed by atoms with van der Waals surface area (Å²) in [5, 5.41) is 6.61. The number of benzene rings is 4. The summed E-state index contributed by atoms with van der Waals surface area (Å²) in [5.74, 6) is 4.31. The fourth-order valence-corrected chi connectivity index (χ4v) is 6.72. The minimum atomic E-state index is -4.10. The first-order valence-corrected chi connectivity index (χ1v) is 17.2. The zero-order valence-electron chi connectivity index (χ0n) is 25.3. The number of rotatable bonds is 9. The number of pyridine rings is 1. The van der Waals surface area contributed by atoms with E-state index in [-0.39, 0.29) is 29.4 Å². The molecule has 1 amide bonds. The van der Waals surface area contributed by atoms with Crippen LogP contribution >= 0.6 is 0 Å². The number of hydrogen-bond donors (Lipinski definition) is 4. The number of hydrogen-bond acceptors (Lipinski definition) is 9. The lowest BCUT2D eigenvalue weighted by Gasteiger charge is -2.16. The Kier molecular flexibility index (Phi) is 10.9. The van der Waals surface area contributed by atoms with Crippen LogP contribution in [0.3, 0.4) is 0 Å². The van der Waals surface area contributed by atoms with Crippen LogP contribution in [0.5, 0.6) is 0 Å². The van der Waals surface area contributed by atoms with Gasteiger partial charge in [0.1, 0.15) is 6.54 Å². The van der Waals surface area contributed by atoms with Gasteiger partial charge in [-0.25, -0.2) is 8.42 Å². The zero-order chi connectivity index (χ0) is 34.2. The van der Waals surface area contributed by atoms with E-state index in [1.165, 1.54) is 18.3 Å². The van der Waals surface area contributed by atoms with Gasteiger partial charge < -0.3 is 16.9 Å². The molecular weight excluding hydrogens is 643 g/mol. The average molecular weight is 676 g/mol. The fourth-order valence-electron chi connectivity index (χ4n) is 4.65. The van der Waals surface area contributed by atoms with Crippen LogP contribution in [-0.2, 0) is 43.6 Å². The highest BCUT2D eigenvalue weighted by Gasteiger charge is 2.27. The van der Waals surface area contributed by atoms with Gasteiger partial charge in [0.15, 0.2) is 14.7 Å². The number of aromatic nitrogens is 1. The number of nitrogens with one attached hydrogen (secondary N) is 1. The molecule has 12 nitrogen and oxygen atoms in total. The molecule has 0 bridgehead atoms. The number of nitrogens with zero attached hydrogens (tertiary/aromatic N) is 2. The van der Waals surface area contributed by atoms with Gasteiger partial charge >= 0.3 is 0 Å². The van der Waals surface area contributed by atoms with E-state index in [0.717, 1.165) is 21.3 Å². The largest absolute Gasteiger partial charge is 0.397 e. The second-order valence-corrected chi connectivity index (χ2v) is 13.8. The second kappa shape index (κ2) is 14.9. The molecule has 0 radical (unpaired) electrons. The normalized spacial score (nSPS) is 11.6. The van der Waals surface area contributed by atoms with Gasteiger partial charge in [-0.2, -0.15) is 13.5 Å². The lowest BCUT2D eigenvalue weighted by molar-refractivity contribution is -0.121. The summed E-state index contributed by atoms with van der Waals surface area (Å²) in [4.78, 5) is 25.7. The summed E-state index contributed by atoms with van der Waals surface area (Å²) in [5.41, 5.74) is 8.77. The molecule has 0 aliphatic rings. The van der Waals surface area contributed by atoms with E-state index in [9.17, 15) is 26.4 Å². The van der Waals surface area contributed by atoms with Crippen molar-refractivity contribution in [1.29, 1.82) is 0 Å². The van der Waals surface area contributed by atoms with Crippen LogP contribution in [0, 0.1) is 6.92 Å². The van der Waals surface area contributed by atoms with E-state index in [1.807, 2.05) is 19.1 Å². The Bertz CT molecular complexity index is 2180. The summed E-state index contributed by atoms with van der Waals surface area (Å²) in [7, 11) is -8.12. The lowest BCUT2D eigenvalue weighted by atomic mass is 10.1. The maximum absolute atomic E-state index is 13.5. The van der Waals surface area contributed by atoms with Gasteiger partial charge in [0.05, 0.1) is 28.1 Å². The van der Waals surface area contributed by atoms with Crippen molar-refractivity contribution >= 4 is 48.7 Å². The third-order valence-electron chi connectivity index (χ3n) is 6.99. The predicted molar refractivity (Wildman–Crippen MR) is 181 cm³/mol. The minimum absolute atomic E-state index is 0.0666. The van der Waals surface area contributed by atoms with Crippen LogP contribution < -0.4 is 22.5 Å². The molecule has 1 heterocycles. The third kappa shape index (κ3) is 8.91. The first-order valence-electron chi connectivity index (χ1n) is 14.1. The summed E-state index contributed by atoms with van der Waals surface area (Å²) in [6, 6.07) is 28.4. The molecule has 0 saturated carbocycles. The number of sulfone groups is 1. The Labute approximate surface area is 272 Å². The topological polar surface area (TPSA) is 204 Å². The first kappa shape index (κ1) is 34.6. The van der Waals surface area contributed by atoms with Crippen LogP contribution in [0.15, 0.2) is 123 Å². The summed E-state index contributed by atoms with van der Waals surface area (Å²) >= 11 is 0. The standard InChI is InChI=1S/C26H25N5O4S.C7H8O3S/c27-24-21-8-4-5-9-22(21)31(16-23(32)29-14-18-10-12-19(13-11-18)15-30-28)26(33)25(24)36(34,35)17-20-6-2-1-3-7-20;1-6-2-4-7(5-3-6)11(8,9)10/h1-13,15H,14,16-17,27-28H2,(H,29,32);2-5H,1H3,(H,8,9,10). The molecule has 0 atom stereocenters. The van der Waals surface area contributed by atoms with Gasteiger partial charge in [-0.15, -0.1) is 0 Å². The molecule has 1 aromatic heterocycles. The van der Waals surface area contributed by atoms with Crippen LogP contribution in [0.1, 0.15) is 22.3 Å². The van der Waals surface area contributed by atoms with Crippen molar-refractivity contribution in [3.63, 3.8) is 0 Å². The predicted octanol–water partition coefficient (Wildman–Crippen LogP) is 3.41. The van der Waals surface area contributed by atoms with E-state index < -0.39 is 36.3 Å². The number of nitrogen functional groups attached to an aromatic ring is 1. The van der Waals surface area contributed by atoms with E-state index in [2.05, 4.69) is 10.4 Å². The minimum Gasteiger partial charge on any atom is -0.397 e. The van der Waals surface area contributed by atoms with Crippen molar-refractivity contribution in [3.8, 4) is 0 Å². The van der Waals surface area contributed by atoms with Crippen molar-refractivity contribution in [2.45, 2.75) is 35.6 Å². The molecule has 0 aliphatic heterocycles. The molecule has 0 unspecified atom stereocenters. The van der Waals surface area contributed by atoms with Gasteiger partial charge in [-0.3, -0.25) is 18.7 Å². The Morgan fingerprint density at radius 3 is 2.11 bits per heavy atom. The summed E-state index contributed by atoms with van der Waals surface area (Å²) < 4.78 is 57.3. The summed E-state index contributed by atoms with van der Waals surface area (Å²) in [6.45, 7) is 1.69. The molecule has 47 heavy (non-hydrogen) atoms. The monoisotopic (exact) mass is 675 g/mol. The molecule has 14 heteroatoms. The van der Waals surface area contributed by atoms with Crippen molar-refractivity contribution in [3.05, 3.63) is 136 Å². The average Bonchev–Trinajstić information content (AvgIpc) is 3.03. The molecule has 5 rings (SSSR count). The SMILES string of the molecule is Cc1ccc(S(=O)(=O)O)cc1.NN=Cc1ccc(CNC(=O)Cn2c(=O)c(S(=O)(=O)Cc3ccccc3)c(N)c3ccccc32)cc1. The molecule has 5 aromatic rings. The van der Waals surface area contributed by atoms with Gasteiger partial charge in [-0.05, 0) is 41.8 Å². The second-order valence-electron chi connectivity index (χ2n) is 10.5.